The molecule has 0 amide bonds. The standard InChI is InChI=1S/C15H15F3N2O/c1-11(12-5-4-8-19-9-12)20-13-6-2-3-7-14(13)21-10-15(16,17)18/h2-9,11,20H,10H2,1H3. The minimum absolute atomic E-state index is 0.102. The largest absolute Gasteiger partial charge is 0.482 e. The number of rotatable bonds is 5. The molecule has 0 aliphatic rings. The lowest BCUT2D eigenvalue weighted by Gasteiger charge is -2.18. The van der Waals surface area contributed by atoms with Crippen LogP contribution < -0.4 is 10.1 Å². The molecule has 112 valence electrons. The lowest BCUT2D eigenvalue weighted by Crippen LogP contribution is -2.20. The molecule has 0 saturated carbocycles. The molecule has 1 unspecified atom stereocenters. The van der Waals surface area contributed by atoms with Gasteiger partial charge in [0.2, 0.25) is 0 Å². The summed E-state index contributed by atoms with van der Waals surface area (Å²) in [4.78, 5) is 4.02. The van der Waals surface area contributed by atoms with Crippen molar-refractivity contribution in [2.45, 2.75) is 19.1 Å². The van der Waals surface area contributed by atoms with E-state index in [-0.39, 0.29) is 11.8 Å². The summed E-state index contributed by atoms with van der Waals surface area (Å²) in [7, 11) is 0. The van der Waals surface area contributed by atoms with E-state index in [2.05, 4.69) is 10.3 Å². The second kappa shape index (κ2) is 6.47. The Morgan fingerprint density at radius 3 is 2.62 bits per heavy atom. The third kappa shape index (κ3) is 4.66. The van der Waals surface area contributed by atoms with E-state index in [1.165, 1.54) is 6.07 Å². The Kier molecular flexibility index (Phi) is 4.67. The van der Waals surface area contributed by atoms with E-state index in [9.17, 15) is 13.2 Å². The van der Waals surface area contributed by atoms with Gasteiger partial charge >= 0.3 is 6.18 Å². The van der Waals surface area contributed by atoms with E-state index in [0.717, 1.165) is 5.56 Å². The number of aromatic nitrogens is 1. The average molecular weight is 296 g/mol. The summed E-state index contributed by atoms with van der Waals surface area (Å²) in [6, 6.07) is 10.1. The predicted octanol–water partition coefficient (Wildman–Crippen LogP) is 4.20. The van der Waals surface area contributed by atoms with Gasteiger partial charge in [-0.15, -0.1) is 0 Å². The molecule has 0 aliphatic carbocycles. The zero-order valence-corrected chi connectivity index (χ0v) is 11.4. The minimum Gasteiger partial charge on any atom is -0.482 e. The molecule has 2 rings (SSSR count). The second-order valence-corrected chi connectivity index (χ2v) is 4.55. The molecular weight excluding hydrogens is 281 g/mol. The van der Waals surface area contributed by atoms with E-state index in [1.807, 2.05) is 13.0 Å². The molecule has 0 bridgehead atoms. The van der Waals surface area contributed by atoms with E-state index in [4.69, 9.17) is 4.74 Å². The third-order valence-electron chi connectivity index (χ3n) is 2.83. The van der Waals surface area contributed by atoms with Gasteiger partial charge in [0.15, 0.2) is 6.61 Å². The quantitative estimate of drug-likeness (QED) is 0.898. The van der Waals surface area contributed by atoms with Gasteiger partial charge in [0.1, 0.15) is 5.75 Å². The van der Waals surface area contributed by atoms with Crippen LogP contribution >= 0.6 is 0 Å². The highest BCUT2D eigenvalue weighted by Gasteiger charge is 2.28. The summed E-state index contributed by atoms with van der Waals surface area (Å²) >= 11 is 0. The number of para-hydroxylation sites is 2. The van der Waals surface area contributed by atoms with E-state index in [1.54, 1.807) is 36.7 Å². The first-order chi connectivity index (χ1) is 9.96. The molecule has 2 aromatic rings. The molecule has 1 aromatic carbocycles. The number of halogens is 3. The zero-order valence-electron chi connectivity index (χ0n) is 11.4. The van der Waals surface area contributed by atoms with Crippen molar-refractivity contribution in [2.75, 3.05) is 11.9 Å². The van der Waals surface area contributed by atoms with Crippen LogP contribution in [0.25, 0.3) is 0 Å². The van der Waals surface area contributed by atoms with Crippen LogP contribution in [0, 0.1) is 0 Å². The molecule has 0 aliphatic heterocycles. The summed E-state index contributed by atoms with van der Waals surface area (Å²) in [6.45, 7) is 0.588. The summed E-state index contributed by atoms with van der Waals surface area (Å²) in [6.07, 6.45) is -0.991. The van der Waals surface area contributed by atoms with Crippen LogP contribution in [0.5, 0.6) is 5.75 Å². The molecule has 0 saturated heterocycles. The minimum atomic E-state index is -4.36. The molecule has 1 atom stereocenters. The highest BCUT2D eigenvalue weighted by molar-refractivity contribution is 5.57. The Balaban J connectivity index is 2.09. The molecule has 6 heteroatoms. The Labute approximate surface area is 120 Å². The van der Waals surface area contributed by atoms with Gasteiger partial charge in [-0.2, -0.15) is 13.2 Å². The highest BCUT2D eigenvalue weighted by Crippen LogP contribution is 2.29. The summed E-state index contributed by atoms with van der Waals surface area (Å²) in [5, 5.41) is 3.13. The second-order valence-electron chi connectivity index (χ2n) is 4.55. The molecule has 0 spiro atoms. The summed E-state index contributed by atoms with van der Waals surface area (Å²) in [5.74, 6) is 0.172. The Morgan fingerprint density at radius 1 is 1.19 bits per heavy atom. The van der Waals surface area contributed by atoms with E-state index in [0.29, 0.717) is 5.69 Å². The van der Waals surface area contributed by atoms with Crippen LogP contribution in [0.4, 0.5) is 18.9 Å². The molecule has 1 aromatic heterocycles. The van der Waals surface area contributed by atoms with Crippen LogP contribution in [0.1, 0.15) is 18.5 Å². The van der Waals surface area contributed by atoms with Crippen molar-refractivity contribution < 1.29 is 17.9 Å². The molecular formula is C15H15F3N2O. The van der Waals surface area contributed by atoms with Crippen LogP contribution in [-0.4, -0.2) is 17.8 Å². The van der Waals surface area contributed by atoms with Crippen molar-refractivity contribution in [2.24, 2.45) is 0 Å². The van der Waals surface area contributed by atoms with Gasteiger partial charge in [-0.1, -0.05) is 18.2 Å². The van der Waals surface area contributed by atoms with Gasteiger partial charge in [0, 0.05) is 12.4 Å². The van der Waals surface area contributed by atoms with Gasteiger partial charge in [-0.05, 0) is 30.7 Å². The molecule has 1 N–H and O–H groups in total. The molecule has 0 fully saturated rings. The van der Waals surface area contributed by atoms with Crippen LogP contribution in [0.3, 0.4) is 0 Å². The number of ether oxygens (including phenoxy) is 1. The number of pyridine rings is 1. The normalized spacial score (nSPS) is 12.8. The maximum Gasteiger partial charge on any atom is 0.422 e. The summed E-state index contributed by atoms with van der Waals surface area (Å²) < 4.78 is 41.6. The van der Waals surface area contributed by atoms with Gasteiger partial charge in [-0.25, -0.2) is 0 Å². The zero-order chi connectivity index (χ0) is 15.3. The lowest BCUT2D eigenvalue weighted by atomic mass is 10.1. The molecule has 3 nitrogen and oxygen atoms in total. The average Bonchev–Trinajstić information content (AvgIpc) is 2.46. The van der Waals surface area contributed by atoms with Crippen molar-refractivity contribution >= 4 is 5.69 Å². The van der Waals surface area contributed by atoms with Crippen LogP contribution in [-0.2, 0) is 0 Å². The number of nitrogens with zero attached hydrogens (tertiary/aromatic N) is 1. The SMILES string of the molecule is CC(Nc1ccccc1OCC(F)(F)F)c1cccnc1. The Hall–Kier alpha value is -2.24. The number of alkyl halides is 3. The first-order valence-electron chi connectivity index (χ1n) is 6.41. The number of anilines is 1. The Morgan fingerprint density at radius 2 is 1.95 bits per heavy atom. The maximum atomic E-state index is 12.2. The number of nitrogens with one attached hydrogen (secondary N) is 1. The number of hydrogen-bond donors (Lipinski definition) is 1. The first kappa shape index (κ1) is 15.2. The van der Waals surface area contributed by atoms with Gasteiger partial charge in [0.25, 0.3) is 0 Å². The van der Waals surface area contributed by atoms with E-state index >= 15 is 0 Å². The van der Waals surface area contributed by atoms with Crippen molar-refractivity contribution in [3.05, 3.63) is 54.4 Å². The van der Waals surface area contributed by atoms with Gasteiger partial charge in [-0.3, -0.25) is 4.98 Å². The molecule has 1 heterocycles. The molecule has 21 heavy (non-hydrogen) atoms. The van der Waals surface area contributed by atoms with Crippen LogP contribution in [0.15, 0.2) is 48.8 Å². The third-order valence-corrected chi connectivity index (χ3v) is 2.83. The monoisotopic (exact) mass is 296 g/mol. The predicted molar refractivity (Wildman–Crippen MR) is 74.3 cm³/mol. The summed E-state index contributed by atoms with van der Waals surface area (Å²) in [5.41, 5.74) is 1.45. The fourth-order valence-electron chi connectivity index (χ4n) is 1.82. The van der Waals surface area contributed by atoms with Crippen molar-refractivity contribution in [3.63, 3.8) is 0 Å². The van der Waals surface area contributed by atoms with Crippen molar-refractivity contribution in [1.29, 1.82) is 0 Å². The topological polar surface area (TPSA) is 34.1 Å². The van der Waals surface area contributed by atoms with Crippen LogP contribution in [0.2, 0.25) is 0 Å². The smallest absolute Gasteiger partial charge is 0.422 e. The maximum absolute atomic E-state index is 12.2. The lowest BCUT2D eigenvalue weighted by molar-refractivity contribution is -0.153. The van der Waals surface area contributed by atoms with Gasteiger partial charge < -0.3 is 10.1 Å². The highest BCUT2D eigenvalue weighted by atomic mass is 19.4. The van der Waals surface area contributed by atoms with E-state index < -0.39 is 12.8 Å². The first-order valence-corrected chi connectivity index (χ1v) is 6.41. The fraction of sp³-hybridized carbons (Fsp3) is 0.267. The van der Waals surface area contributed by atoms with Crippen molar-refractivity contribution in [1.82, 2.24) is 4.98 Å². The number of hydrogen-bond acceptors (Lipinski definition) is 3. The van der Waals surface area contributed by atoms with Gasteiger partial charge in [0.05, 0.1) is 11.7 Å². The molecule has 0 radical (unpaired) electrons. The number of benzene rings is 1. The Bertz CT molecular complexity index is 573. The fourth-order valence-corrected chi connectivity index (χ4v) is 1.82. The van der Waals surface area contributed by atoms with Crippen molar-refractivity contribution in [3.8, 4) is 5.75 Å².